The molecule has 1 fully saturated rings. The van der Waals surface area contributed by atoms with Crippen molar-refractivity contribution in [3.63, 3.8) is 0 Å². The number of aryl methyl sites for hydroxylation is 1. The number of hydrogen-bond acceptors (Lipinski definition) is 6. The number of methoxy groups -OCH3 is 1. The predicted octanol–water partition coefficient (Wildman–Crippen LogP) is 2.73. The largest absolute Gasteiger partial charge is 0.465 e. The van der Waals surface area contributed by atoms with E-state index in [1.165, 1.54) is 7.11 Å². The zero-order chi connectivity index (χ0) is 20.2. The van der Waals surface area contributed by atoms with Crippen molar-refractivity contribution in [2.75, 3.05) is 18.6 Å². The molecule has 0 N–H and O–H groups in total. The molecule has 0 saturated carbocycles. The fraction of sp³-hybridized carbons (Fsp3) is 0.381. The van der Waals surface area contributed by atoms with Crippen LogP contribution in [-0.4, -0.2) is 47.8 Å². The smallest absolute Gasteiger partial charge is 0.339 e. The number of benzene rings is 1. The summed E-state index contributed by atoms with van der Waals surface area (Å²) in [6.07, 6.45) is 3.01. The first-order valence-electron chi connectivity index (χ1n) is 9.76. The number of carbonyl (C=O) groups is 1. The molecule has 1 aromatic carbocycles. The van der Waals surface area contributed by atoms with E-state index in [-0.39, 0.29) is 17.5 Å². The highest BCUT2D eigenvalue weighted by atomic mass is 32.2. The summed E-state index contributed by atoms with van der Waals surface area (Å²) in [6.45, 7) is 0. The van der Waals surface area contributed by atoms with Crippen molar-refractivity contribution in [1.82, 2.24) is 14.8 Å². The molecule has 1 saturated heterocycles. The van der Waals surface area contributed by atoms with Crippen LogP contribution < -0.4 is 0 Å². The van der Waals surface area contributed by atoms with Gasteiger partial charge in [-0.3, -0.25) is 0 Å². The number of hydrogen-bond donors (Lipinski definition) is 0. The van der Waals surface area contributed by atoms with Crippen LogP contribution in [0.25, 0.3) is 22.3 Å². The minimum atomic E-state index is -3.09. The van der Waals surface area contributed by atoms with Gasteiger partial charge in [-0.05, 0) is 31.2 Å². The second kappa shape index (κ2) is 6.66. The van der Waals surface area contributed by atoms with E-state index in [4.69, 9.17) is 14.8 Å². The number of sulfone groups is 1. The van der Waals surface area contributed by atoms with Crippen LogP contribution in [-0.2, 0) is 27.4 Å². The van der Waals surface area contributed by atoms with Crippen molar-refractivity contribution in [1.29, 1.82) is 0 Å². The van der Waals surface area contributed by atoms with Crippen LogP contribution in [0.1, 0.15) is 40.5 Å². The third-order valence-corrected chi connectivity index (χ3v) is 7.61. The molecule has 5 rings (SSSR count). The van der Waals surface area contributed by atoms with E-state index in [0.29, 0.717) is 28.7 Å². The molecule has 29 heavy (non-hydrogen) atoms. The topological polar surface area (TPSA) is 91.2 Å². The molecule has 3 aromatic rings. The maximum Gasteiger partial charge on any atom is 0.339 e. The average molecular weight is 411 g/mol. The number of esters is 1. The number of aromatic nitrogens is 3. The number of ether oxygens (including phenoxy) is 1. The molecule has 3 heterocycles. The zero-order valence-electron chi connectivity index (χ0n) is 16.1. The first-order chi connectivity index (χ1) is 14.0. The van der Waals surface area contributed by atoms with Crippen LogP contribution in [0, 0.1) is 0 Å². The van der Waals surface area contributed by atoms with Gasteiger partial charge in [0.05, 0.1) is 35.6 Å². The van der Waals surface area contributed by atoms with Crippen LogP contribution in [0.5, 0.6) is 0 Å². The summed E-state index contributed by atoms with van der Waals surface area (Å²) in [5.41, 5.74) is 4.43. The van der Waals surface area contributed by atoms with Gasteiger partial charge < -0.3 is 4.74 Å². The molecule has 0 spiro atoms. The Labute approximate surface area is 168 Å². The fourth-order valence-electron chi connectivity index (χ4n) is 4.51. The molecule has 1 aliphatic carbocycles. The Morgan fingerprint density at radius 2 is 2.00 bits per heavy atom. The van der Waals surface area contributed by atoms with Crippen LogP contribution >= 0.6 is 0 Å². The van der Waals surface area contributed by atoms with Gasteiger partial charge in [0.2, 0.25) is 0 Å². The zero-order valence-corrected chi connectivity index (χ0v) is 16.9. The normalized spacial score (nSPS) is 20.1. The lowest BCUT2D eigenvalue weighted by Gasteiger charge is -2.12. The van der Waals surface area contributed by atoms with Crippen molar-refractivity contribution in [3.05, 3.63) is 47.2 Å². The van der Waals surface area contributed by atoms with Crippen molar-refractivity contribution in [2.24, 2.45) is 0 Å². The number of pyridine rings is 1. The number of rotatable bonds is 3. The quantitative estimate of drug-likeness (QED) is 0.616. The van der Waals surface area contributed by atoms with Gasteiger partial charge in [0.15, 0.2) is 15.5 Å². The maximum absolute atomic E-state index is 12.8. The summed E-state index contributed by atoms with van der Waals surface area (Å²) < 4.78 is 31.1. The molecule has 0 bridgehead atoms. The first kappa shape index (κ1) is 18.3. The van der Waals surface area contributed by atoms with Crippen LogP contribution in [0.4, 0.5) is 0 Å². The molecule has 1 aliphatic heterocycles. The molecule has 1 atom stereocenters. The highest BCUT2D eigenvalue weighted by Gasteiger charge is 2.35. The van der Waals surface area contributed by atoms with Gasteiger partial charge in [-0.1, -0.05) is 30.3 Å². The molecule has 150 valence electrons. The highest BCUT2D eigenvalue weighted by Crippen LogP contribution is 2.38. The number of nitrogens with zero attached hydrogens (tertiary/aromatic N) is 3. The van der Waals surface area contributed by atoms with Gasteiger partial charge in [-0.2, -0.15) is 5.10 Å². The Morgan fingerprint density at radius 1 is 1.21 bits per heavy atom. The van der Waals surface area contributed by atoms with Crippen molar-refractivity contribution >= 4 is 26.8 Å². The van der Waals surface area contributed by atoms with E-state index >= 15 is 0 Å². The summed E-state index contributed by atoms with van der Waals surface area (Å²) in [7, 11) is -1.71. The molecule has 2 aliphatic rings. The summed E-state index contributed by atoms with van der Waals surface area (Å²) in [5, 5.41) is 5.47. The summed E-state index contributed by atoms with van der Waals surface area (Å²) in [4.78, 5) is 17.7. The standard InChI is InChI=1S/C21H21N3O4S/c1-28-21(25)17-15-8-5-9-16(15)22-20-18(17)19(13-6-3-2-4-7-13)23-24(20)14-10-11-29(26,27)12-14/h2-4,6-7,14H,5,8-12H2,1H3/t14-/m1/s1. The molecular formula is C21H21N3O4S. The van der Waals surface area contributed by atoms with Gasteiger partial charge in [0, 0.05) is 11.3 Å². The van der Waals surface area contributed by atoms with E-state index in [1.54, 1.807) is 4.68 Å². The number of fused-ring (bicyclic) bond motifs is 2. The van der Waals surface area contributed by atoms with Crippen molar-refractivity contribution < 1.29 is 17.9 Å². The monoisotopic (exact) mass is 411 g/mol. The van der Waals surface area contributed by atoms with Gasteiger partial charge >= 0.3 is 5.97 Å². The summed E-state index contributed by atoms with van der Waals surface area (Å²) in [6, 6.07) is 9.34. The van der Waals surface area contributed by atoms with Gasteiger partial charge in [-0.15, -0.1) is 0 Å². The van der Waals surface area contributed by atoms with Gasteiger partial charge in [-0.25, -0.2) is 22.9 Å². The Balaban J connectivity index is 1.85. The van der Waals surface area contributed by atoms with E-state index in [9.17, 15) is 13.2 Å². The van der Waals surface area contributed by atoms with Crippen LogP contribution in [0.15, 0.2) is 30.3 Å². The van der Waals surface area contributed by atoms with E-state index < -0.39 is 15.8 Å². The lowest BCUT2D eigenvalue weighted by Crippen LogP contribution is -2.14. The lowest BCUT2D eigenvalue weighted by atomic mass is 9.99. The molecule has 8 heteroatoms. The molecular weight excluding hydrogens is 390 g/mol. The molecule has 2 aromatic heterocycles. The highest BCUT2D eigenvalue weighted by molar-refractivity contribution is 7.91. The Hall–Kier alpha value is -2.74. The third-order valence-electron chi connectivity index (χ3n) is 5.86. The van der Waals surface area contributed by atoms with Gasteiger partial charge in [0.1, 0.15) is 5.69 Å². The van der Waals surface area contributed by atoms with E-state index in [0.717, 1.165) is 36.1 Å². The Morgan fingerprint density at radius 3 is 2.69 bits per heavy atom. The average Bonchev–Trinajstić information content (AvgIpc) is 3.42. The third kappa shape index (κ3) is 2.93. The summed E-state index contributed by atoms with van der Waals surface area (Å²) in [5.74, 6) is -0.204. The lowest BCUT2D eigenvalue weighted by molar-refractivity contribution is 0.0601. The van der Waals surface area contributed by atoms with Crippen LogP contribution in [0.2, 0.25) is 0 Å². The van der Waals surface area contributed by atoms with Crippen molar-refractivity contribution in [3.8, 4) is 11.3 Å². The Kier molecular flexibility index (Phi) is 4.20. The van der Waals surface area contributed by atoms with Gasteiger partial charge in [0.25, 0.3) is 0 Å². The SMILES string of the molecule is COC(=O)c1c2c(nc3c1c(-c1ccccc1)nn3[C@@H]1CCS(=O)(=O)C1)CCC2. The molecule has 0 amide bonds. The number of carbonyl (C=O) groups excluding carboxylic acids is 1. The summed E-state index contributed by atoms with van der Waals surface area (Å²) >= 11 is 0. The second-order valence-electron chi connectivity index (χ2n) is 7.67. The first-order valence-corrected chi connectivity index (χ1v) is 11.6. The maximum atomic E-state index is 12.8. The molecule has 7 nitrogen and oxygen atoms in total. The predicted molar refractivity (Wildman–Crippen MR) is 109 cm³/mol. The van der Waals surface area contributed by atoms with Crippen molar-refractivity contribution in [2.45, 2.75) is 31.7 Å². The minimum Gasteiger partial charge on any atom is -0.465 e. The second-order valence-corrected chi connectivity index (χ2v) is 9.90. The van der Waals surface area contributed by atoms with E-state index in [1.807, 2.05) is 30.3 Å². The Bertz CT molecular complexity index is 1230. The molecule has 0 unspecified atom stereocenters. The minimum absolute atomic E-state index is 0.0460. The van der Waals surface area contributed by atoms with Crippen LogP contribution in [0.3, 0.4) is 0 Å². The molecule has 0 radical (unpaired) electrons. The van der Waals surface area contributed by atoms with E-state index in [2.05, 4.69) is 0 Å². The fourth-order valence-corrected chi connectivity index (χ4v) is 6.20.